The molecule has 2 aliphatic heterocycles. The van der Waals surface area contributed by atoms with Gasteiger partial charge >= 0.3 is 12.1 Å². The fourth-order valence-electron chi connectivity index (χ4n) is 6.28. The topological polar surface area (TPSA) is 94.0 Å². The van der Waals surface area contributed by atoms with E-state index in [1.54, 1.807) is 44.0 Å². The van der Waals surface area contributed by atoms with Crippen molar-refractivity contribution >= 4 is 33.7 Å². The summed E-state index contributed by atoms with van der Waals surface area (Å²) < 4.78 is 82.2. The van der Waals surface area contributed by atoms with Gasteiger partial charge in [-0.25, -0.2) is 13.6 Å². The van der Waals surface area contributed by atoms with Gasteiger partial charge in [0.15, 0.2) is 0 Å². The van der Waals surface area contributed by atoms with Crippen molar-refractivity contribution in [2.45, 2.75) is 59.5 Å². The number of carbonyl (C=O) groups excluding carboxylic acids is 3. The second kappa shape index (κ2) is 13.7. The first-order valence-corrected chi connectivity index (χ1v) is 16.7. The Morgan fingerprint density at radius 2 is 1.60 bits per heavy atom. The van der Waals surface area contributed by atoms with Crippen molar-refractivity contribution in [1.82, 2.24) is 19.6 Å². The average Bonchev–Trinajstić information content (AvgIpc) is 3.60. The highest BCUT2D eigenvalue weighted by Gasteiger charge is 2.61. The monoisotopic (exact) mass is 768 g/mol. The molecule has 1 spiro atoms. The van der Waals surface area contributed by atoms with E-state index >= 15 is 0 Å². The number of benzene rings is 2. The Morgan fingerprint density at radius 3 is 2.22 bits per heavy atom. The summed E-state index contributed by atoms with van der Waals surface area (Å²) in [5.41, 5.74) is -2.83. The quantitative estimate of drug-likeness (QED) is 0.179. The molecular weight excluding hydrogens is 731 g/mol. The van der Waals surface area contributed by atoms with Crippen molar-refractivity contribution < 1.29 is 45.8 Å². The van der Waals surface area contributed by atoms with Crippen molar-refractivity contribution in [2.24, 2.45) is 16.7 Å². The first kappa shape index (κ1) is 37.4. The molecule has 0 N–H and O–H groups in total. The van der Waals surface area contributed by atoms with E-state index in [9.17, 15) is 36.3 Å². The van der Waals surface area contributed by atoms with Crippen molar-refractivity contribution in [3.63, 3.8) is 0 Å². The van der Waals surface area contributed by atoms with Gasteiger partial charge in [0.2, 0.25) is 5.91 Å². The van der Waals surface area contributed by atoms with Crippen LogP contribution in [0.15, 0.2) is 53.3 Å². The lowest BCUT2D eigenvalue weighted by Gasteiger charge is -2.52. The highest BCUT2D eigenvalue weighted by Crippen LogP contribution is 2.48. The number of hydrogen-bond donors (Lipinski definition) is 0. The first-order chi connectivity index (χ1) is 23.2. The van der Waals surface area contributed by atoms with Crippen molar-refractivity contribution in [3.8, 4) is 0 Å². The van der Waals surface area contributed by atoms with E-state index in [4.69, 9.17) is 9.47 Å². The maximum atomic E-state index is 14.4. The standard InChI is InChI=1S/C35H38BrF5N4O5/c1-32(2,3)50-30(47)28-22(10-26(38)11-27(28)36)16-49-17-24-15-43(18-34(24)19-44(20-34)31(48)33(4,5)35(39,40)41)29(46)23-12-42-45(14-23)13-21-6-8-25(37)9-7-21/h6-12,14,24H,13,15-20H2,1-5H3. The smallest absolute Gasteiger partial charge is 0.402 e. The molecule has 2 saturated heterocycles. The van der Waals surface area contributed by atoms with E-state index in [2.05, 4.69) is 21.0 Å². The van der Waals surface area contributed by atoms with E-state index < -0.39 is 46.2 Å². The lowest BCUT2D eigenvalue weighted by molar-refractivity contribution is -0.223. The molecule has 2 amide bonds. The van der Waals surface area contributed by atoms with E-state index in [0.29, 0.717) is 6.54 Å². The molecule has 1 atom stereocenters. The number of aromatic nitrogens is 2. The molecule has 0 bridgehead atoms. The molecule has 2 aromatic carbocycles. The Morgan fingerprint density at radius 1 is 0.960 bits per heavy atom. The molecule has 2 fully saturated rings. The van der Waals surface area contributed by atoms with Gasteiger partial charge < -0.3 is 19.3 Å². The SMILES string of the molecule is CC(C)(C)OC(=O)c1c(Br)cc(F)cc1COCC1CN(C(=O)c2cnn(Cc3ccc(F)cc3)c2)CC12CN(C(=O)C(C)(C)C(F)(F)F)C2. The lowest BCUT2D eigenvalue weighted by Crippen LogP contribution is -2.66. The Kier molecular flexibility index (Phi) is 10.2. The molecule has 1 unspecified atom stereocenters. The molecule has 270 valence electrons. The number of ether oxygens (including phenoxy) is 2. The van der Waals surface area contributed by atoms with Gasteiger partial charge in [0.25, 0.3) is 5.91 Å². The van der Waals surface area contributed by atoms with Gasteiger partial charge in [-0.15, -0.1) is 0 Å². The van der Waals surface area contributed by atoms with E-state index in [0.717, 1.165) is 36.4 Å². The summed E-state index contributed by atoms with van der Waals surface area (Å²) in [6.45, 7) is 7.13. The van der Waals surface area contributed by atoms with Crippen molar-refractivity contribution in [1.29, 1.82) is 0 Å². The van der Waals surface area contributed by atoms with Crippen LogP contribution in [0.4, 0.5) is 22.0 Å². The van der Waals surface area contributed by atoms with Crippen LogP contribution in [0.1, 0.15) is 66.5 Å². The summed E-state index contributed by atoms with van der Waals surface area (Å²) in [5.74, 6) is -3.51. The lowest BCUT2D eigenvalue weighted by atomic mass is 9.70. The normalized spacial score (nSPS) is 17.6. The molecule has 50 heavy (non-hydrogen) atoms. The molecule has 9 nitrogen and oxygen atoms in total. The number of carbonyl (C=O) groups is 3. The molecule has 0 aliphatic carbocycles. The minimum atomic E-state index is -4.76. The van der Waals surface area contributed by atoms with Crippen LogP contribution in [0.25, 0.3) is 0 Å². The number of halogens is 6. The summed E-state index contributed by atoms with van der Waals surface area (Å²) in [7, 11) is 0. The van der Waals surface area contributed by atoms with Crippen LogP contribution < -0.4 is 0 Å². The number of likely N-dealkylation sites (tertiary alicyclic amines) is 2. The Bertz CT molecular complexity index is 1760. The summed E-state index contributed by atoms with van der Waals surface area (Å²) in [4.78, 5) is 42.4. The maximum absolute atomic E-state index is 14.4. The van der Waals surface area contributed by atoms with Gasteiger partial charge in [-0.05, 0) is 85.9 Å². The molecule has 0 saturated carbocycles. The van der Waals surface area contributed by atoms with Crippen molar-refractivity contribution in [3.05, 3.63) is 87.2 Å². The van der Waals surface area contributed by atoms with Gasteiger partial charge in [0.05, 0.1) is 37.1 Å². The minimum absolute atomic E-state index is 0.000192. The molecule has 5 rings (SSSR count). The summed E-state index contributed by atoms with van der Waals surface area (Å²) >= 11 is 3.24. The molecule has 1 aromatic heterocycles. The van der Waals surface area contributed by atoms with Crippen LogP contribution >= 0.6 is 15.9 Å². The number of rotatable bonds is 9. The van der Waals surface area contributed by atoms with Gasteiger partial charge in [0, 0.05) is 48.2 Å². The first-order valence-electron chi connectivity index (χ1n) is 15.9. The maximum Gasteiger partial charge on any atom is 0.402 e. The van der Waals surface area contributed by atoms with Gasteiger partial charge in [-0.3, -0.25) is 14.3 Å². The van der Waals surface area contributed by atoms with Crippen LogP contribution in [0.5, 0.6) is 0 Å². The van der Waals surface area contributed by atoms with Gasteiger partial charge in [0.1, 0.15) is 22.7 Å². The third kappa shape index (κ3) is 7.88. The number of esters is 1. The Labute approximate surface area is 294 Å². The van der Waals surface area contributed by atoms with E-state index in [-0.39, 0.29) is 72.3 Å². The van der Waals surface area contributed by atoms with Crippen LogP contribution in [-0.2, 0) is 27.4 Å². The number of hydrogen-bond acceptors (Lipinski definition) is 6. The van der Waals surface area contributed by atoms with Gasteiger partial charge in [-0.2, -0.15) is 18.3 Å². The van der Waals surface area contributed by atoms with Crippen molar-refractivity contribution in [2.75, 3.05) is 32.8 Å². The van der Waals surface area contributed by atoms with Crippen LogP contribution in [-0.4, -0.2) is 81.9 Å². The fourth-order valence-corrected chi connectivity index (χ4v) is 6.91. The zero-order valence-electron chi connectivity index (χ0n) is 28.2. The molecule has 2 aliphatic rings. The summed E-state index contributed by atoms with van der Waals surface area (Å²) in [5, 5.41) is 4.26. The molecule has 3 aromatic rings. The highest BCUT2D eigenvalue weighted by molar-refractivity contribution is 9.10. The summed E-state index contributed by atoms with van der Waals surface area (Å²) in [6, 6.07) is 8.17. The molecule has 0 radical (unpaired) electrons. The predicted molar refractivity (Wildman–Crippen MR) is 175 cm³/mol. The fraction of sp³-hybridized carbons (Fsp3) is 0.486. The number of amides is 2. The van der Waals surface area contributed by atoms with Crippen LogP contribution in [0, 0.1) is 28.4 Å². The van der Waals surface area contributed by atoms with Crippen LogP contribution in [0.2, 0.25) is 0 Å². The molecule has 3 heterocycles. The average molecular weight is 770 g/mol. The second-order valence-corrected chi connectivity index (χ2v) is 15.4. The van der Waals surface area contributed by atoms with E-state index in [1.807, 2.05) is 0 Å². The zero-order valence-corrected chi connectivity index (χ0v) is 29.8. The largest absolute Gasteiger partial charge is 0.456 e. The zero-order chi connectivity index (χ0) is 36.8. The van der Waals surface area contributed by atoms with E-state index in [1.165, 1.54) is 23.0 Å². The summed E-state index contributed by atoms with van der Waals surface area (Å²) in [6.07, 6.45) is -1.79. The highest BCUT2D eigenvalue weighted by atomic mass is 79.9. The third-order valence-electron chi connectivity index (χ3n) is 9.10. The Balaban J connectivity index is 1.33. The van der Waals surface area contributed by atoms with Gasteiger partial charge in [-0.1, -0.05) is 12.1 Å². The Hall–Kier alpha value is -3.85. The predicted octanol–water partition coefficient (Wildman–Crippen LogP) is 6.63. The second-order valence-electron chi connectivity index (χ2n) is 14.5. The molecule has 15 heteroatoms. The van der Waals surface area contributed by atoms with Crippen LogP contribution in [0.3, 0.4) is 0 Å². The molecular formula is C35H38BrF5N4O5. The number of alkyl halides is 3. The number of nitrogens with zero attached hydrogens (tertiary/aromatic N) is 4. The third-order valence-corrected chi connectivity index (χ3v) is 9.72. The minimum Gasteiger partial charge on any atom is -0.456 e.